The number of rotatable bonds is 10. The molecule has 0 fully saturated rings. The smallest absolute Gasteiger partial charge is 0.0192 e. The fraction of sp³-hybridized carbons (Fsp3) is 1.00. The first kappa shape index (κ1) is 15.9. The Bertz CT molecular complexity index is 148. The van der Waals surface area contributed by atoms with Gasteiger partial charge in [-0.1, -0.05) is 13.8 Å². The second-order valence-electron chi connectivity index (χ2n) is 4.89. The Morgan fingerprint density at radius 1 is 1.00 bits per heavy atom. The molecule has 0 spiro atoms. The van der Waals surface area contributed by atoms with E-state index in [0.29, 0.717) is 6.04 Å². The summed E-state index contributed by atoms with van der Waals surface area (Å²) >= 11 is 0. The Labute approximate surface area is 102 Å². The summed E-state index contributed by atoms with van der Waals surface area (Å²) < 4.78 is 0. The van der Waals surface area contributed by atoms with Crippen LogP contribution in [0.2, 0.25) is 0 Å². The summed E-state index contributed by atoms with van der Waals surface area (Å²) in [6.45, 7) is 12.6. The molecule has 0 aromatic heterocycles. The van der Waals surface area contributed by atoms with E-state index in [1.165, 1.54) is 25.9 Å². The average Bonchev–Trinajstić information content (AvgIpc) is 2.24. The highest BCUT2D eigenvalue weighted by molar-refractivity contribution is 4.70. The number of nitrogens with one attached hydrogen (secondary N) is 1. The maximum absolute atomic E-state index is 3.51. The average molecular weight is 229 g/mol. The van der Waals surface area contributed by atoms with E-state index in [0.717, 1.165) is 19.6 Å². The lowest BCUT2D eigenvalue weighted by atomic mass is 10.2. The van der Waals surface area contributed by atoms with Gasteiger partial charge in [0.15, 0.2) is 0 Å². The van der Waals surface area contributed by atoms with Gasteiger partial charge in [-0.15, -0.1) is 0 Å². The van der Waals surface area contributed by atoms with Gasteiger partial charge in [0, 0.05) is 25.7 Å². The number of hydrogen-bond acceptors (Lipinski definition) is 3. The fourth-order valence-corrected chi connectivity index (χ4v) is 1.79. The van der Waals surface area contributed by atoms with Gasteiger partial charge in [-0.2, -0.15) is 0 Å². The summed E-state index contributed by atoms with van der Waals surface area (Å²) in [4.78, 5) is 4.84. The first-order chi connectivity index (χ1) is 7.61. The van der Waals surface area contributed by atoms with Crippen LogP contribution < -0.4 is 5.32 Å². The molecule has 3 nitrogen and oxygen atoms in total. The van der Waals surface area contributed by atoms with Crippen LogP contribution in [0.15, 0.2) is 0 Å². The maximum Gasteiger partial charge on any atom is 0.0192 e. The van der Waals surface area contributed by atoms with Crippen molar-refractivity contribution in [3.05, 3.63) is 0 Å². The molecule has 0 bridgehead atoms. The van der Waals surface area contributed by atoms with E-state index >= 15 is 0 Å². The standard InChI is InChI=1S/C13H31N3/c1-6-8-14-12-13(3)16(9-7-2)11-10-15(4)5/h13-14H,6-12H2,1-5H3. The summed E-state index contributed by atoms with van der Waals surface area (Å²) in [6.07, 6.45) is 2.46. The van der Waals surface area contributed by atoms with Crippen molar-refractivity contribution in [2.24, 2.45) is 0 Å². The van der Waals surface area contributed by atoms with Gasteiger partial charge < -0.3 is 10.2 Å². The molecule has 0 rings (SSSR count). The van der Waals surface area contributed by atoms with Crippen molar-refractivity contribution in [1.82, 2.24) is 15.1 Å². The van der Waals surface area contributed by atoms with Gasteiger partial charge in [0.05, 0.1) is 0 Å². The molecule has 0 amide bonds. The minimum absolute atomic E-state index is 0.645. The Morgan fingerprint density at radius 3 is 2.19 bits per heavy atom. The molecule has 0 aromatic rings. The number of hydrogen-bond donors (Lipinski definition) is 1. The summed E-state index contributed by atoms with van der Waals surface area (Å²) in [7, 11) is 4.29. The van der Waals surface area contributed by atoms with Crippen molar-refractivity contribution in [2.75, 3.05) is 46.8 Å². The zero-order chi connectivity index (χ0) is 12.4. The summed E-state index contributed by atoms with van der Waals surface area (Å²) in [6, 6.07) is 0.645. The molecule has 0 aliphatic heterocycles. The Balaban J connectivity index is 3.87. The molecule has 0 saturated heterocycles. The van der Waals surface area contributed by atoms with Gasteiger partial charge in [-0.05, 0) is 47.0 Å². The highest BCUT2D eigenvalue weighted by Crippen LogP contribution is 2.00. The van der Waals surface area contributed by atoms with E-state index in [2.05, 4.69) is 50.0 Å². The van der Waals surface area contributed by atoms with E-state index in [4.69, 9.17) is 0 Å². The molecule has 3 heteroatoms. The van der Waals surface area contributed by atoms with Crippen LogP contribution in [0.5, 0.6) is 0 Å². The van der Waals surface area contributed by atoms with Gasteiger partial charge in [0.1, 0.15) is 0 Å². The monoisotopic (exact) mass is 229 g/mol. The molecule has 0 radical (unpaired) electrons. The molecule has 0 heterocycles. The first-order valence-electron chi connectivity index (χ1n) is 6.71. The molecule has 98 valence electrons. The minimum atomic E-state index is 0.645. The topological polar surface area (TPSA) is 18.5 Å². The van der Waals surface area contributed by atoms with Crippen LogP contribution >= 0.6 is 0 Å². The molecule has 1 unspecified atom stereocenters. The maximum atomic E-state index is 3.51. The van der Waals surface area contributed by atoms with E-state index in [9.17, 15) is 0 Å². The molecular weight excluding hydrogens is 198 g/mol. The molecule has 0 aromatic carbocycles. The lowest BCUT2D eigenvalue weighted by molar-refractivity contribution is 0.185. The molecule has 1 N–H and O–H groups in total. The van der Waals surface area contributed by atoms with Crippen molar-refractivity contribution < 1.29 is 0 Å². The Morgan fingerprint density at radius 2 is 1.69 bits per heavy atom. The lowest BCUT2D eigenvalue weighted by Crippen LogP contribution is -2.43. The summed E-state index contributed by atoms with van der Waals surface area (Å²) in [5.41, 5.74) is 0. The van der Waals surface area contributed by atoms with Crippen LogP contribution in [0, 0.1) is 0 Å². The normalized spacial score (nSPS) is 13.7. The molecular formula is C13H31N3. The largest absolute Gasteiger partial charge is 0.315 e. The second kappa shape index (κ2) is 10.1. The number of likely N-dealkylation sites (N-methyl/N-ethyl adjacent to an activating group) is 1. The van der Waals surface area contributed by atoms with Crippen molar-refractivity contribution in [3.8, 4) is 0 Å². The second-order valence-corrected chi connectivity index (χ2v) is 4.89. The minimum Gasteiger partial charge on any atom is -0.315 e. The lowest BCUT2D eigenvalue weighted by Gasteiger charge is -2.30. The SMILES string of the molecule is CCCNCC(C)N(CCC)CCN(C)C. The van der Waals surface area contributed by atoms with Crippen molar-refractivity contribution in [2.45, 2.75) is 39.7 Å². The van der Waals surface area contributed by atoms with Gasteiger partial charge in [-0.25, -0.2) is 0 Å². The van der Waals surface area contributed by atoms with Gasteiger partial charge in [0.25, 0.3) is 0 Å². The highest BCUT2D eigenvalue weighted by atomic mass is 15.2. The fourth-order valence-electron chi connectivity index (χ4n) is 1.79. The van der Waals surface area contributed by atoms with Crippen LogP contribution in [0.1, 0.15) is 33.6 Å². The van der Waals surface area contributed by atoms with Crippen LogP contribution in [0.25, 0.3) is 0 Å². The third-order valence-corrected chi connectivity index (χ3v) is 2.84. The van der Waals surface area contributed by atoms with Crippen molar-refractivity contribution >= 4 is 0 Å². The van der Waals surface area contributed by atoms with Crippen LogP contribution in [-0.2, 0) is 0 Å². The predicted octanol–water partition coefficient (Wildman–Crippen LogP) is 1.65. The van der Waals surface area contributed by atoms with Crippen LogP contribution in [-0.4, -0.2) is 62.7 Å². The third-order valence-electron chi connectivity index (χ3n) is 2.84. The van der Waals surface area contributed by atoms with Crippen molar-refractivity contribution in [3.63, 3.8) is 0 Å². The quantitative estimate of drug-likeness (QED) is 0.575. The van der Waals surface area contributed by atoms with E-state index < -0.39 is 0 Å². The van der Waals surface area contributed by atoms with Gasteiger partial charge >= 0.3 is 0 Å². The van der Waals surface area contributed by atoms with Crippen LogP contribution in [0.4, 0.5) is 0 Å². The molecule has 0 saturated carbocycles. The molecule has 1 atom stereocenters. The Kier molecular flexibility index (Phi) is 9.99. The molecule has 16 heavy (non-hydrogen) atoms. The van der Waals surface area contributed by atoms with E-state index in [1.54, 1.807) is 0 Å². The predicted molar refractivity (Wildman–Crippen MR) is 73.0 cm³/mol. The van der Waals surface area contributed by atoms with E-state index in [-0.39, 0.29) is 0 Å². The third kappa shape index (κ3) is 8.08. The zero-order valence-corrected chi connectivity index (χ0v) is 11.9. The first-order valence-corrected chi connectivity index (χ1v) is 6.71. The zero-order valence-electron chi connectivity index (χ0n) is 11.9. The van der Waals surface area contributed by atoms with Crippen LogP contribution in [0.3, 0.4) is 0 Å². The Hall–Kier alpha value is -0.120. The number of nitrogens with zero attached hydrogens (tertiary/aromatic N) is 2. The van der Waals surface area contributed by atoms with E-state index in [1.807, 2.05) is 0 Å². The summed E-state index contributed by atoms with van der Waals surface area (Å²) in [5, 5.41) is 3.51. The van der Waals surface area contributed by atoms with Gasteiger partial charge in [-0.3, -0.25) is 4.90 Å². The highest BCUT2D eigenvalue weighted by Gasteiger charge is 2.12. The van der Waals surface area contributed by atoms with Gasteiger partial charge in [0.2, 0.25) is 0 Å². The summed E-state index contributed by atoms with van der Waals surface area (Å²) in [5.74, 6) is 0. The van der Waals surface area contributed by atoms with Crippen molar-refractivity contribution in [1.29, 1.82) is 0 Å². The molecule has 0 aliphatic carbocycles. The molecule has 0 aliphatic rings.